The van der Waals surface area contributed by atoms with E-state index < -0.39 is 6.10 Å². The van der Waals surface area contributed by atoms with Gasteiger partial charge in [0, 0.05) is 19.3 Å². The Morgan fingerprint density at radius 3 is 1.15 bits per heavy atom. The van der Waals surface area contributed by atoms with Crippen LogP contribution in [-0.4, -0.2) is 37.2 Å². The van der Waals surface area contributed by atoms with E-state index in [0.29, 0.717) is 19.3 Å². The molecule has 0 saturated heterocycles. The maximum atomic E-state index is 12.7. The lowest BCUT2D eigenvalue weighted by atomic mass is 10.1. The van der Waals surface area contributed by atoms with E-state index in [2.05, 4.69) is 93.7 Å². The van der Waals surface area contributed by atoms with E-state index in [0.717, 1.165) is 89.9 Å². The molecule has 6 nitrogen and oxygen atoms in total. The quantitative estimate of drug-likeness (QED) is 0.0273. The summed E-state index contributed by atoms with van der Waals surface area (Å²) in [6, 6.07) is 0. The number of ether oxygens (including phenoxy) is 3. The van der Waals surface area contributed by atoms with Gasteiger partial charge in [-0.25, -0.2) is 0 Å². The molecule has 0 aromatic carbocycles. The van der Waals surface area contributed by atoms with Gasteiger partial charge >= 0.3 is 17.9 Å². The van der Waals surface area contributed by atoms with Crippen LogP contribution in [0.1, 0.15) is 188 Å². The lowest BCUT2D eigenvalue weighted by molar-refractivity contribution is -0.167. The van der Waals surface area contributed by atoms with Gasteiger partial charge in [-0.3, -0.25) is 14.4 Å². The third kappa shape index (κ3) is 39.9. The number of carbonyl (C=O) groups excluding carboxylic acids is 3. The Kier molecular flexibility index (Phi) is 39.1. The molecule has 0 aromatic heterocycles. The molecule has 0 amide bonds. The molecule has 0 rings (SSSR count). The minimum atomic E-state index is -0.806. The van der Waals surface area contributed by atoms with Crippen molar-refractivity contribution < 1.29 is 28.6 Å². The first-order valence-corrected chi connectivity index (χ1v) is 21.4. The van der Waals surface area contributed by atoms with Crippen LogP contribution in [0.2, 0.25) is 0 Å². The van der Waals surface area contributed by atoms with Crippen molar-refractivity contribution in [2.45, 2.75) is 194 Å². The summed E-state index contributed by atoms with van der Waals surface area (Å²) in [4.78, 5) is 37.6. The molecule has 0 aliphatic heterocycles. The van der Waals surface area contributed by atoms with E-state index in [-0.39, 0.29) is 37.5 Å². The molecule has 1 atom stereocenters. The fourth-order valence-corrected chi connectivity index (χ4v) is 5.53. The molecule has 0 saturated carbocycles. The highest BCUT2D eigenvalue weighted by atomic mass is 16.6. The number of carbonyl (C=O) groups is 3. The number of allylic oxidation sites excluding steroid dienone is 12. The summed E-state index contributed by atoms with van der Waals surface area (Å²) < 4.78 is 16.6. The molecule has 0 fully saturated rings. The number of esters is 3. The van der Waals surface area contributed by atoms with Gasteiger partial charge in [0.05, 0.1) is 0 Å². The molecule has 0 bridgehead atoms. The fourth-order valence-electron chi connectivity index (χ4n) is 5.53. The van der Waals surface area contributed by atoms with Gasteiger partial charge in [-0.15, -0.1) is 0 Å². The van der Waals surface area contributed by atoms with E-state index >= 15 is 0 Å². The van der Waals surface area contributed by atoms with Gasteiger partial charge in [-0.2, -0.15) is 0 Å². The number of hydrogen-bond acceptors (Lipinski definition) is 6. The first-order chi connectivity index (χ1) is 26.0. The Balaban J connectivity index is 4.51. The predicted octanol–water partition coefficient (Wildman–Crippen LogP) is 13.5. The molecule has 6 heteroatoms. The zero-order chi connectivity index (χ0) is 38.7. The zero-order valence-corrected chi connectivity index (χ0v) is 34.3. The normalized spacial score (nSPS) is 12.7. The van der Waals surface area contributed by atoms with Crippen LogP contribution >= 0.6 is 0 Å². The highest BCUT2D eigenvalue weighted by Gasteiger charge is 2.19. The summed E-state index contributed by atoms with van der Waals surface area (Å²) in [7, 11) is 0. The van der Waals surface area contributed by atoms with Crippen LogP contribution in [0.15, 0.2) is 72.9 Å². The fraction of sp³-hybridized carbons (Fsp3) is 0.681. The standard InChI is InChI=1S/C47H78O6/c1-4-7-10-13-16-19-22-25-28-31-34-37-40-46(49)52-43-44(42-51-45(48)39-36-33-30-27-24-21-18-15-12-9-6-3)53-47(50)41-38-35-32-29-26-23-20-17-14-11-8-5-2/h7-8,10-11,16-17,19-20,25-26,28-29,44H,4-6,9,12-15,18,21-24,27,30-43H2,1-3H3/b10-7-,11-8-,19-16-,20-17-,28-25-,29-26-. The number of rotatable bonds is 37. The van der Waals surface area contributed by atoms with Gasteiger partial charge in [0.2, 0.25) is 0 Å². The summed E-state index contributed by atoms with van der Waals surface area (Å²) in [6.45, 7) is 6.30. The topological polar surface area (TPSA) is 78.9 Å². The molecular weight excluding hydrogens is 661 g/mol. The van der Waals surface area contributed by atoms with Crippen LogP contribution in [0.3, 0.4) is 0 Å². The van der Waals surface area contributed by atoms with E-state index in [9.17, 15) is 14.4 Å². The highest BCUT2D eigenvalue weighted by Crippen LogP contribution is 2.13. The first kappa shape index (κ1) is 49.9. The zero-order valence-electron chi connectivity index (χ0n) is 34.3. The molecular formula is C47H78O6. The monoisotopic (exact) mass is 739 g/mol. The van der Waals surface area contributed by atoms with Crippen molar-refractivity contribution >= 4 is 17.9 Å². The van der Waals surface area contributed by atoms with Crippen molar-refractivity contribution in [3.8, 4) is 0 Å². The summed E-state index contributed by atoms with van der Waals surface area (Å²) in [5, 5.41) is 0. The second-order valence-electron chi connectivity index (χ2n) is 13.8. The minimum Gasteiger partial charge on any atom is -0.462 e. The van der Waals surface area contributed by atoms with E-state index in [1.165, 1.54) is 51.4 Å². The van der Waals surface area contributed by atoms with Gasteiger partial charge in [0.25, 0.3) is 0 Å². The predicted molar refractivity (Wildman–Crippen MR) is 224 cm³/mol. The molecule has 0 aliphatic carbocycles. The highest BCUT2D eigenvalue weighted by molar-refractivity contribution is 5.71. The van der Waals surface area contributed by atoms with Crippen molar-refractivity contribution in [3.63, 3.8) is 0 Å². The Morgan fingerprint density at radius 2 is 0.736 bits per heavy atom. The number of unbranched alkanes of at least 4 members (excludes halogenated alkanes) is 14. The van der Waals surface area contributed by atoms with E-state index in [1.807, 2.05) is 0 Å². The van der Waals surface area contributed by atoms with E-state index in [4.69, 9.17) is 14.2 Å². The second-order valence-corrected chi connectivity index (χ2v) is 13.8. The average molecular weight is 739 g/mol. The Hall–Kier alpha value is -3.15. The van der Waals surface area contributed by atoms with Gasteiger partial charge in [0.15, 0.2) is 6.10 Å². The van der Waals surface area contributed by atoms with Crippen LogP contribution in [0.4, 0.5) is 0 Å². The third-order valence-corrected chi connectivity index (χ3v) is 8.71. The Morgan fingerprint density at radius 1 is 0.396 bits per heavy atom. The lowest BCUT2D eigenvalue weighted by Crippen LogP contribution is -2.30. The third-order valence-electron chi connectivity index (χ3n) is 8.71. The SMILES string of the molecule is CC/C=C\C/C=C\C/C=C\CCCCC(=O)OCC(COC(=O)CCCCCCCCCCCCC)OC(=O)CCCC/C=C\C/C=C\C/C=C\CC. The van der Waals surface area contributed by atoms with Crippen LogP contribution < -0.4 is 0 Å². The van der Waals surface area contributed by atoms with Crippen LogP contribution in [0.25, 0.3) is 0 Å². The first-order valence-electron chi connectivity index (χ1n) is 21.4. The molecule has 0 spiro atoms. The average Bonchev–Trinajstić information content (AvgIpc) is 3.15. The molecule has 302 valence electrons. The molecule has 53 heavy (non-hydrogen) atoms. The summed E-state index contributed by atoms with van der Waals surface area (Å²) in [5.41, 5.74) is 0. The smallest absolute Gasteiger partial charge is 0.306 e. The molecule has 0 aromatic rings. The van der Waals surface area contributed by atoms with Crippen LogP contribution in [0, 0.1) is 0 Å². The van der Waals surface area contributed by atoms with Gasteiger partial charge < -0.3 is 14.2 Å². The maximum Gasteiger partial charge on any atom is 0.306 e. The minimum absolute atomic E-state index is 0.103. The van der Waals surface area contributed by atoms with Crippen molar-refractivity contribution in [1.82, 2.24) is 0 Å². The summed E-state index contributed by atoms with van der Waals surface area (Å²) >= 11 is 0. The van der Waals surface area contributed by atoms with Gasteiger partial charge in [-0.1, -0.05) is 158 Å². The largest absolute Gasteiger partial charge is 0.462 e. The molecule has 1 unspecified atom stereocenters. The van der Waals surface area contributed by atoms with Crippen LogP contribution in [-0.2, 0) is 28.6 Å². The van der Waals surface area contributed by atoms with Crippen molar-refractivity contribution in [2.24, 2.45) is 0 Å². The Labute approximate surface area is 325 Å². The van der Waals surface area contributed by atoms with Crippen molar-refractivity contribution in [2.75, 3.05) is 13.2 Å². The van der Waals surface area contributed by atoms with Gasteiger partial charge in [-0.05, 0) is 83.5 Å². The van der Waals surface area contributed by atoms with Gasteiger partial charge in [0.1, 0.15) is 13.2 Å². The Bertz CT molecular complexity index is 1030. The summed E-state index contributed by atoms with van der Waals surface area (Å²) in [6.07, 6.45) is 50.4. The molecule has 0 heterocycles. The molecule has 0 radical (unpaired) electrons. The van der Waals surface area contributed by atoms with E-state index in [1.54, 1.807) is 0 Å². The lowest BCUT2D eigenvalue weighted by Gasteiger charge is -2.18. The van der Waals surface area contributed by atoms with Crippen molar-refractivity contribution in [3.05, 3.63) is 72.9 Å². The van der Waals surface area contributed by atoms with Crippen LogP contribution in [0.5, 0.6) is 0 Å². The molecule has 0 N–H and O–H groups in total. The maximum absolute atomic E-state index is 12.7. The molecule has 0 aliphatic rings. The summed E-state index contributed by atoms with van der Waals surface area (Å²) in [5.74, 6) is -0.993. The van der Waals surface area contributed by atoms with Crippen molar-refractivity contribution in [1.29, 1.82) is 0 Å². The second kappa shape index (κ2) is 41.6. The number of hydrogen-bond donors (Lipinski definition) is 0.